The van der Waals surface area contributed by atoms with Gasteiger partial charge in [0.2, 0.25) is 10.0 Å². The standard InChI is InChI=1S/C13H12F3NO4S/c14-13(15,16)9-5-1-2-6-10(9)22(20,21)17-12(11(18)19)7-3-4-8-12/h1-6,17H,7-8H2,(H,18,19). The van der Waals surface area contributed by atoms with Gasteiger partial charge in [0.05, 0.1) is 10.5 Å². The SMILES string of the molecule is O=C(O)C1(NS(=O)(=O)c2ccccc2C(F)(F)F)CC=CC1. The van der Waals surface area contributed by atoms with Crippen molar-refractivity contribution < 1.29 is 31.5 Å². The van der Waals surface area contributed by atoms with Crippen LogP contribution in [-0.4, -0.2) is 25.0 Å². The van der Waals surface area contributed by atoms with Gasteiger partial charge in [-0.05, 0) is 25.0 Å². The van der Waals surface area contributed by atoms with E-state index in [0.717, 1.165) is 18.2 Å². The lowest BCUT2D eigenvalue weighted by Crippen LogP contribution is -2.52. The molecule has 22 heavy (non-hydrogen) atoms. The average Bonchev–Trinajstić information content (AvgIpc) is 2.87. The number of hydrogen-bond donors (Lipinski definition) is 2. The van der Waals surface area contributed by atoms with E-state index in [1.165, 1.54) is 12.2 Å². The van der Waals surface area contributed by atoms with Gasteiger partial charge in [-0.1, -0.05) is 24.3 Å². The van der Waals surface area contributed by atoms with E-state index in [4.69, 9.17) is 0 Å². The number of aliphatic carboxylic acids is 1. The number of benzene rings is 1. The average molecular weight is 335 g/mol. The highest BCUT2D eigenvalue weighted by Gasteiger charge is 2.45. The van der Waals surface area contributed by atoms with E-state index >= 15 is 0 Å². The molecule has 0 heterocycles. The summed E-state index contributed by atoms with van der Waals surface area (Å²) in [7, 11) is -4.65. The molecule has 0 saturated heterocycles. The second kappa shape index (κ2) is 5.40. The molecule has 2 N–H and O–H groups in total. The highest BCUT2D eigenvalue weighted by Crippen LogP contribution is 2.35. The summed E-state index contributed by atoms with van der Waals surface area (Å²) in [6.07, 6.45) is -2.19. The Morgan fingerprint density at radius 3 is 2.23 bits per heavy atom. The Hall–Kier alpha value is -1.87. The first-order chi connectivity index (χ1) is 10.1. The van der Waals surface area contributed by atoms with E-state index in [9.17, 15) is 31.5 Å². The molecule has 0 radical (unpaired) electrons. The molecule has 9 heteroatoms. The molecule has 0 saturated carbocycles. The maximum Gasteiger partial charge on any atom is 0.417 e. The topological polar surface area (TPSA) is 83.5 Å². The number of carbonyl (C=O) groups is 1. The molecule has 1 aromatic rings. The van der Waals surface area contributed by atoms with Gasteiger partial charge in [-0.3, -0.25) is 4.79 Å². The normalized spacial score (nSPS) is 17.6. The first-order valence-electron chi connectivity index (χ1n) is 6.17. The monoisotopic (exact) mass is 335 g/mol. The van der Waals surface area contributed by atoms with E-state index in [1.807, 2.05) is 4.72 Å². The predicted octanol–water partition coefficient (Wildman–Crippen LogP) is 2.16. The van der Waals surface area contributed by atoms with Gasteiger partial charge < -0.3 is 5.11 Å². The first kappa shape index (κ1) is 16.5. The molecule has 1 aliphatic carbocycles. The Kier molecular flexibility index (Phi) is 4.05. The molecule has 0 amide bonds. The van der Waals surface area contributed by atoms with Gasteiger partial charge in [-0.25, -0.2) is 8.42 Å². The molecule has 120 valence electrons. The molecular weight excluding hydrogens is 323 g/mol. The molecular formula is C13H12F3NO4S. The molecule has 0 aromatic heterocycles. The Balaban J connectivity index is 2.46. The summed E-state index contributed by atoms with van der Waals surface area (Å²) in [6.45, 7) is 0. The van der Waals surface area contributed by atoms with Crippen LogP contribution in [0.1, 0.15) is 18.4 Å². The van der Waals surface area contributed by atoms with E-state index in [2.05, 4.69) is 0 Å². The Bertz CT molecular complexity index is 717. The number of carboxylic acid groups (broad SMARTS) is 1. The highest BCUT2D eigenvalue weighted by molar-refractivity contribution is 7.89. The zero-order chi connectivity index (χ0) is 16.6. The summed E-state index contributed by atoms with van der Waals surface area (Å²) in [5, 5.41) is 9.21. The molecule has 2 rings (SSSR count). The summed E-state index contributed by atoms with van der Waals surface area (Å²) in [4.78, 5) is 10.3. The molecule has 0 spiro atoms. The Labute approximate surface area is 124 Å². The van der Waals surface area contributed by atoms with E-state index < -0.39 is 38.2 Å². The number of halogens is 3. The van der Waals surface area contributed by atoms with Crippen LogP contribution < -0.4 is 4.72 Å². The molecule has 5 nitrogen and oxygen atoms in total. The maximum absolute atomic E-state index is 12.9. The molecule has 1 aromatic carbocycles. The molecule has 0 atom stereocenters. The van der Waals surface area contributed by atoms with Crippen molar-refractivity contribution in [1.82, 2.24) is 4.72 Å². The Morgan fingerprint density at radius 2 is 1.73 bits per heavy atom. The van der Waals surface area contributed by atoms with Gasteiger partial charge in [0.25, 0.3) is 0 Å². The minimum absolute atomic E-state index is 0.129. The number of alkyl halides is 3. The smallest absolute Gasteiger partial charge is 0.417 e. The highest BCUT2D eigenvalue weighted by atomic mass is 32.2. The van der Waals surface area contributed by atoms with Gasteiger partial charge in [0.15, 0.2) is 0 Å². The minimum Gasteiger partial charge on any atom is -0.480 e. The van der Waals surface area contributed by atoms with Gasteiger partial charge in [-0.2, -0.15) is 17.9 Å². The molecule has 0 unspecified atom stereocenters. The van der Waals surface area contributed by atoms with Crippen LogP contribution >= 0.6 is 0 Å². The predicted molar refractivity (Wildman–Crippen MR) is 70.5 cm³/mol. The number of hydrogen-bond acceptors (Lipinski definition) is 3. The van der Waals surface area contributed by atoms with Crippen LogP contribution in [0.3, 0.4) is 0 Å². The number of carboxylic acids is 1. The summed E-state index contributed by atoms with van der Waals surface area (Å²) in [6, 6.07) is 3.63. The minimum atomic E-state index is -4.87. The second-order valence-electron chi connectivity index (χ2n) is 4.87. The molecule has 0 fully saturated rings. The number of nitrogens with one attached hydrogen (secondary N) is 1. The summed E-state index contributed by atoms with van der Waals surface area (Å²) >= 11 is 0. The van der Waals surface area contributed by atoms with Crippen LogP contribution in [0.2, 0.25) is 0 Å². The van der Waals surface area contributed by atoms with Crippen molar-refractivity contribution in [2.75, 3.05) is 0 Å². The van der Waals surface area contributed by atoms with Crippen LogP contribution in [0.4, 0.5) is 13.2 Å². The number of rotatable bonds is 4. The van der Waals surface area contributed by atoms with Crippen LogP contribution in [-0.2, 0) is 21.0 Å². The third-order valence-electron chi connectivity index (χ3n) is 3.32. The Morgan fingerprint density at radius 1 is 1.18 bits per heavy atom. The van der Waals surface area contributed by atoms with Crippen molar-refractivity contribution in [3.8, 4) is 0 Å². The summed E-state index contributed by atoms with van der Waals surface area (Å²) < 4.78 is 65.2. The lowest BCUT2D eigenvalue weighted by atomic mass is 9.99. The fourth-order valence-electron chi connectivity index (χ4n) is 2.20. The van der Waals surface area contributed by atoms with Gasteiger partial charge in [-0.15, -0.1) is 0 Å². The van der Waals surface area contributed by atoms with Crippen LogP contribution in [0.25, 0.3) is 0 Å². The molecule has 0 aliphatic heterocycles. The number of sulfonamides is 1. The van der Waals surface area contributed by atoms with E-state index in [1.54, 1.807) is 0 Å². The lowest BCUT2D eigenvalue weighted by Gasteiger charge is -2.25. The van der Waals surface area contributed by atoms with Gasteiger partial charge >= 0.3 is 12.1 Å². The second-order valence-corrected chi connectivity index (χ2v) is 6.52. The third kappa shape index (κ3) is 3.00. The molecule has 0 bridgehead atoms. The third-order valence-corrected chi connectivity index (χ3v) is 4.91. The zero-order valence-corrected chi connectivity index (χ0v) is 11.9. The zero-order valence-electron chi connectivity index (χ0n) is 11.1. The maximum atomic E-state index is 12.9. The summed E-state index contributed by atoms with van der Waals surface area (Å²) in [5.41, 5.74) is -3.19. The fourth-order valence-corrected chi connectivity index (χ4v) is 3.81. The van der Waals surface area contributed by atoms with Crippen LogP contribution in [0.15, 0.2) is 41.3 Å². The fraction of sp³-hybridized carbons (Fsp3) is 0.308. The van der Waals surface area contributed by atoms with Crippen molar-refractivity contribution in [2.45, 2.75) is 29.5 Å². The lowest BCUT2D eigenvalue weighted by molar-refractivity contribution is -0.143. The summed E-state index contributed by atoms with van der Waals surface area (Å²) in [5.74, 6) is -1.44. The van der Waals surface area contributed by atoms with Crippen molar-refractivity contribution in [3.05, 3.63) is 42.0 Å². The van der Waals surface area contributed by atoms with Crippen molar-refractivity contribution >= 4 is 16.0 Å². The quantitative estimate of drug-likeness (QED) is 0.826. The largest absolute Gasteiger partial charge is 0.480 e. The van der Waals surface area contributed by atoms with E-state index in [0.29, 0.717) is 6.07 Å². The van der Waals surface area contributed by atoms with Crippen molar-refractivity contribution in [1.29, 1.82) is 0 Å². The molecule has 1 aliphatic rings. The van der Waals surface area contributed by atoms with Gasteiger partial charge in [0.1, 0.15) is 5.54 Å². The van der Waals surface area contributed by atoms with Crippen molar-refractivity contribution in [2.24, 2.45) is 0 Å². The van der Waals surface area contributed by atoms with Crippen LogP contribution in [0, 0.1) is 0 Å². The van der Waals surface area contributed by atoms with E-state index in [-0.39, 0.29) is 12.8 Å². The first-order valence-corrected chi connectivity index (χ1v) is 7.65. The van der Waals surface area contributed by atoms with Crippen molar-refractivity contribution in [3.63, 3.8) is 0 Å². The van der Waals surface area contributed by atoms with Gasteiger partial charge in [0, 0.05) is 0 Å². The van der Waals surface area contributed by atoms with Crippen LogP contribution in [0.5, 0.6) is 0 Å².